The number of carbonyl (C=O) groups excluding carboxylic acids is 1. The summed E-state index contributed by atoms with van der Waals surface area (Å²) in [6.45, 7) is 10.4. The first-order valence-electron chi connectivity index (χ1n) is 12.8. The number of aliphatic hydroxyl groups excluding tert-OH is 1. The first-order valence-corrected chi connectivity index (χ1v) is 12.8. The molecule has 4 aliphatic rings. The summed E-state index contributed by atoms with van der Waals surface area (Å²) in [6, 6.07) is 0. The zero-order valence-electron chi connectivity index (χ0n) is 19.8. The highest BCUT2D eigenvalue weighted by molar-refractivity contribution is 5.82. The van der Waals surface area contributed by atoms with Crippen molar-refractivity contribution in [3.8, 4) is 0 Å². The number of carbonyl (C=O) groups is 1. The minimum Gasteiger partial charge on any atom is -0.393 e. The molecule has 170 valence electrons. The topological polar surface area (TPSA) is 63.3 Å². The number of rotatable bonds is 6. The highest BCUT2D eigenvalue weighted by Crippen LogP contribution is 2.67. The second-order valence-corrected chi connectivity index (χ2v) is 12.1. The summed E-state index contributed by atoms with van der Waals surface area (Å²) in [5.74, 6) is 4.08. The Labute approximate surface area is 184 Å². The molecule has 3 nitrogen and oxygen atoms in total. The Bertz CT molecular complexity index is 686. The van der Waals surface area contributed by atoms with Gasteiger partial charge < -0.3 is 10.8 Å². The van der Waals surface area contributed by atoms with Crippen molar-refractivity contribution in [3.05, 3.63) is 11.6 Å². The van der Waals surface area contributed by atoms with Gasteiger partial charge in [0, 0.05) is 12.8 Å². The molecule has 3 heteroatoms. The maximum Gasteiger partial charge on any atom is 0.136 e. The lowest BCUT2D eigenvalue weighted by atomic mass is 9.47. The van der Waals surface area contributed by atoms with Gasteiger partial charge in [0.25, 0.3) is 0 Å². The van der Waals surface area contributed by atoms with Crippen LogP contribution in [0.1, 0.15) is 91.9 Å². The van der Waals surface area contributed by atoms with E-state index in [1.165, 1.54) is 37.7 Å². The van der Waals surface area contributed by atoms with Gasteiger partial charge in [0.05, 0.1) is 6.10 Å². The Morgan fingerprint density at radius 2 is 1.97 bits per heavy atom. The number of fused-ring (bicyclic) bond motifs is 5. The number of hydrogen-bond acceptors (Lipinski definition) is 3. The van der Waals surface area contributed by atoms with Crippen molar-refractivity contribution in [2.75, 3.05) is 6.54 Å². The largest absolute Gasteiger partial charge is 0.393 e. The molecule has 30 heavy (non-hydrogen) atoms. The summed E-state index contributed by atoms with van der Waals surface area (Å²) in [4.78, 5) is 12.1. The Morgan fingerprint density at radius 1 is 1.20 bits per heavy atom. The molecule has 0 aromatic carbocycles. The summed E-state index contributed by atoms with van der Waals surface area (Å²) in [6.07, 6.45) is 13.1. The fourth-order valence-electron chi connectivity index (χ4n) is 8.64. The van der Waals surface area contributed by atoms with Crippen molar-refractivity contribution < 1.29 is 9.90 Å². The van der Waals surface area contributed by atoms with Crippen LogP contribution in [0.3, 0.4) is 0 Å². The van der Waals surface area contributed by atoms with E-state index in [0.29, 0.717) is 47.7 Å². The van der Waals surface area contributed by atoms with E-state index >= 15 is 0 Å². The predicted molar refractivity (Wildman–Crippen MR) is 123 cm³/mol. The fraction of sp³-hybridized carbons (Fsp3) is 0.889. The van der Waals surface area contributed by atoms with Crippen LogP contribution in [0, 0.1) is 46.3 Å². The zero-order valence-corrected chi connectivity index (χ0v) is 19.8. The molecule has 9 atom stereocenters. The molecule has 0 heterocycles. The molecule has 3 fully saturated rings. The van der Waals surface area contributed by atoms with Crippen LogP contribution < -0.4 is 5.73 Å². The molecule has 4 rings (SSSR count). The average Bonchev–Trinajstić information content (AvgIpc) is 2.98. The Kier molecular flexibility index (Phi) is 6.27. The molecule has 0 aliphatic heterocycles. The van der Waals surface area contributed by atoms with Crippen LogP contribution in [0.25, 0.3) is 0 Å². The van der Waals surface area contributed by atoms with Gasteiger partial charge in [-0.05, 0) is 91.4 Å². The van der Waals surface area contributed by atoms with E-state index in [4.69, 9.17) is 5.73 Å². The summed E-state index contributed by atoms with van der Waals surface area (Å²) in [5.41, 5.74) is 7.75. The second-order valence-electron chi connectivity index (χ2n) is 12.1. The maximum absolute atomic E-state index is 12.1. The molecular weight excluding hydrogens is 370 g/mol. The average molecular weight is 416 g/mol. The van der Waals surface area contributed by atoms with Crippen molar-refractivity contribution in [1.82, 2.24) is 0 Å². The standard InChI is InChI=1S/C27H45NO2/c1-17(16-28)6-5-7-18(2)25-24(30)15-23-21-9-8-19-14-20(29)10-12-26(19,3)22(21)11-13-27(23,25)4/h8,17-18,21-25,30H,5-7,9-16,28H2,1-4H3. The molecule has 0 bridgehead atoms. The lowest BCUT2D eigenvalue weighted by molar-refractivity contribution is -0.122. The summed E-state index contributed by atoms with van der Waals surface area (Å²) in [5, 5.41) is 11.3. The molecule has 3 N–H and O–H groups in total. The van der Waals surface area contributed by atoms with E-state index in [0.717, 1.165) is 32.2 Å². The van der Waals surface area contributed by atoms with E-state index in [-0.39, 0.29) is 16.9 Å². The maximum atomic E-state index is 12.1. The SMILES string of the molecule is CC(CN)CCCC(C)C1C(O)CC2C3CC=C4CC(=O)CCC4(C)C3CCC21C. The van der Waals surface area contributed by atoms with Gasteiger partial charge in [-0.25, -0.2) is 0 Å². The van der Waals surface area contributed by atoms with Gasteiger partial charge in [0.2, 0.25) is 0 Å². The van der Waals surface area contributed by atoms with Crippen LogP contribution in [-0.2, 0) is 4.79 Å². The zero-order chi connectivity index (χ0) is 21.7. The molecule has 0 spiro atoms. The van der Waals surface area contributed by atoms with Crippen LogP contribution in [0.4, 0.5) is 0 Å². The molecule has 0 aromatic rings. The normalized spacial score (nSPS) is 45.2. The number of hydrogen-bond donors (Lipinski definition) is 2. The van der Waals surface area contributed by atoms with Crippen molar-refractivity contribution >= 4 is 5.78 Å². The van der Waals surface area contributed by atoms with Gasteiger partial charge >= 0.3 is 0 Å². The first-order chi connectivity index (χ1) is 14.2. The molecule has 0 aromatic heterocycles. The molecule has 4 aliphatic carbocycles. The highest BCUT2D eigenvalue weighted by atomic mass is 16.3. The van der Waals surface area contributed by atoms with E-state index < -0.39 is 0 Å². The minimum absolute atomic E-state index is 0.146. The smallest absolute Gasteiger partial charge is 0.136 e. The van der Waals surface area contributed by atoms with Crippen LogP contribution >= 0.6 is 0 Å². The van der Waals surface area contributed by atoms with Crippen molar-refractivity contribution in [1.29, 1.82) is 0 Å². The quantitative estimate of drug-likeness (QED) is 0.563. The summed E-state index contributed by atoms with van der Waals surface area (Å²) in [7, 11) is 0. The third kappa shape index (κ3) is 3.62. The van der Waals surface area contributed by atoms with Crippen molar-refractivity contribution in [2.24, 2.45) is 52.1 Å². The van der Waals surface area contributed by atoms with Crippen LogP contribution in [0.15, 0.2) is 11.6 Å². The minimum atomic E-state index is -0.146. The van der Waals surface area contributed by atoms with E-state index in [1.54, 1.807) is 0 Å². The molecule has 0 saturated heterocycles. The lowest BCUT2D eigenvalue weighted by Gasteiger charge is -2.57. The van der Waals surface area contributed by atoms with Crippen LogP contribution in [0.2, 0.25) is 0 Å². The Hall–Kier alpha value is -0.670. The molecule has 0 radical (unpaired) electrons. The third-order valence-electron chi connectivity index (χ3n) is 10.4. The van der Waals surface area contributed by atoms with Gasteiger partial charge in [-0.2, -0.15) is 0 Å². The summed E-state index contributed by atoms with van der Waals surface area (Å²) < 4.78 is 0. The first kappa shape index (κ1) is 22.5. The van der Waals surface area contributed by atoms with Crippen LogP contribution in [-0.4, -0.2) is 23.5 Å². The highest BCUT2D eigenvalue weighted by Gasteiger charge is 2.61. The predicted octanol–water partition coefficient (Wildman–Crippen LogP) is 5.51. The Morgan fingerprint density at radius 3 is 2.70 bits per heavy atom. The van der Waals surface area contributed by atoms with Crippen LogP contribution in [0.5, 0.6) is 0 Å². The number of nitrogens with two attached hydrogens (primary N) is 1. The van der Waals surface area contributed by atoms with Gasteiger partial charge in [-0.3, -0.25) is 4.79 Å². The van der Waals surface area contributed by atoms with Gasteiger partial charge in [-0.15, -0.1) is 0 Å². The van der Waals surface area contributed by atoms with Crippen molar-refractivity contribution in [3.63, 3.8) is 0 Å². The lowest BCUT2D eigenvalue weighted by Crippen LogP contribution is -2.50. The molecule has 9 unspecified atom stereocenters. The number of ketones is 1. The van der Waals surface area contributed by atoms with Gasteiger partial charge in [0.15, 0.2) is 0 Å². The molecular formula is C27H45NO2. The Balaban J connectivity index is 1.51. The van der Waals surface area contributed by atoms with Crippen molar-refractivity contribution in [2.45, 2.75) is 98.0 Å². The molecule has 3 saturated carbocycles. The monoisotopic (exact) mass is 415 g/mol. The van der Waals surface area contributed by atoms with Gasteiger partial charge in [-0.1, -0.05) is 52.2 Å². The molecule has 0 amide bonds. The van der Waals surface area contributed by atoms with E-state index in [9.17, 15) is 9.90 Å². The number of Topliss-reactive ketones (excluding diaryl/α,β-unsaturated/α-hetero) is 1. The fourth-order valence-corrected chi connectivity index (χ4v) is 8.64. The third-order valence-corrected chi connectivity index (χ3v) is 10.4. The van der Waals surface area contributed by atoms with E-state index in [1.807, 2.05) is 0 Å². The van der Waals surface area contributed by atoms with E-state index in [2.05, 4.69) is 33.8 Å². The number of aliphatic hydroxyl groups is 1. The van der Waals surface area contributed by atoms with Gasteiger partial charge in [0.1, 0.15) is 5.78 Å². The number of allylic oxidation sites excluding steroid dienone is 2. The summed E-state index contributed by atoms with van der Waals surface area (Å²) >= 11 is 0. The second kappa shape index (κ2) is 8.35.